The predicted octanol–water partition coefficient (Wildman–Crippen LogP) is 3.33. The normalized spacial score (nSPS) is 11.6. The molecule has 7 heteroatoms. The Morgan fingerprint density at radius 3 is 2.67 bits per heavy atom. The van der Waals surface area contributed by atoms with Crippen LogP contribution in [0.4, 0.5) is 5.69 Å². The fraction of sp³-hybridized carbons (Fsp3) is 0.176. The van der Waals surface area contributed by atoms with Gasteiger partial charge in [-0.05, 0) is 43.2 Å². The molecule has 0 fully saturated rings. The summed E-state index contributed by atoms with van der Waals surface area (Å²) in [6.45, 7) is 3.77. The van der Waals surface area contributed by atoms with Crippen LogP contribution < -0.4 is 5.32 Å². The Labute approximate surface area is 144 Å². The maximum Gasteiger partial charge on any atom is 0.240 e. The summed E-state index contributed by atoms with van der Waals surface area (Å²) in [5.41, 5.74) is 3.12. The molecular formula is C17H16N2O3S2. The van der Waals surface area contributed by atoms with Gasteiger partial charge in [0.15, 0.2) is 0 Å². The second kappa shape index (κ2) is 6.33. The number of rotatable bonds is 4. The Hall–Kier alpha value is -2.25. The molecule has 0 saturated heterocycles. The zero-order chi connectivity index (χ0) is 17.3. The van der Waals surface area contributed by atoms with Gasteiger partial charge in [0.1, 0.15) is 5.75 Å². The van der Waals surface area contributed by atoms with Crippen LogP contribution in [0.5, 0.6) is 0 Å². The first-order valence-electron chi connectivity index (χ1n) is 7.30. The van der Waals surface area contributed by atoms with Gasteiger partial charge in [0.05, 0.1) is 10.2 Å². The van der Waals surface area contributed by atoms with Gasteiger partial charge in [-0.25, -0.2) is 13.4 Å². The number of nitrogens with one attached hydrogen (secondary N) is 1. The summed E-state index contributed by atoms with van der Waals surface area (Å²) in [5, 5.41) is 2.67. The van der Waals surface area contributed by atoms with E-state index in [1.165, 1.54) is 0 Å². The molecule has 0 aliphatic heterocycles. The summed E-state index contributed by atoms with van der Waals surface area (Å²) in [4.78, 5) is 16.3. The smallest absolute Gasteiger partial charge is 0.240 e. The lowest BCUT2D eigenvalue weighted by atomic mass is 10.1. The molecule has 1 amide bonds. The molecule has 2 aromatic carbocycles. The number of carbonyl (C=O) groups is 1. The minimum Gasteiger partial charge on any atom is -0.325 e. The molecule has 0 unspecified atom stereocenters. The molecule has 1 heterocycles. The second-order valence-corrected chi connectivity index (χ2v) is 8.77. The number of carbonyl (C=O) groups excluding carboxylic acids is 1. The summed E-state index contributed by atoms with van der Waals surface area (Å²) < 4.78 is 25.6. The number of nitrogens with zero attached hydrogens (tertiary/aromatic N) is 1. The molecule has 0 saturated carbocycles. The van der Waals surface area contributed by atoms with Crippen molar-refractivity contribution >= 4 is 43.0 Å². The quantitative estimate of drug-likeness (QED) is 0.774. The molecule has 1 aromatic heterocycles. The zero-order valence-corrected chi connectivity index (χ0v) is 14.9. The fourth-order valence-corrected chi connectivity index (χ4v) is 4.70. The Morgan fingerprint density at radius 2 is 1.92 bits per heavy atom. The van der Waals surface area contributed by atoms with Crippen LogP contribution in [0.1, 0.15) is 11.1 Å². The highest BCUT2D eigenvalue weighted by Gasteiger charge is 2.23. The number of aromatic nitrogens is 1. The molecular weight excluding hydrogens is 344 g/mol. The van der Waals surface area contributed by atoms with Crippen LogP contribution in [0, 0.1) is 13.8 Å². The van der Waals surface area contributed by atoms with Gasteiger partial charge < -0.3 is 5.32 Å². The van der Waals surface area contributed by atoms with E-state index >= 15 is 0 Å². The maximum atomic E-state index is 12.4. The van der Waals surface area contributed by atoms with E-state index in [2.05, 4.69) is 10.3 Å². The summed E-state index contributed by atoms with van der Waals surface area (Å²) in [6, 6.07) is 12.8. The van der Waals surface area contributed by atoms with Gasteiger partial charge >= 0.3 is 0 Å². The first-order chi connectivity index (χ1) is 11.3. The lowest BCUT2D eigenvalue weighted by Crippen LogP contribution is -2.23. The third-order valence-corrected chi connectivity index (χ3v) is 6.64. The van der Waals surface area contributed by atoms with Crippen LogP contribution in [0.3, 0.4) is 0 Å². The first kappa shape index (κ1) is 16.6. The number of fused-ring (bicyclic) bond motifs is 1. The predicted molar refractivity (Wildman–Crippen MR) is 96.2 cm³/mol. The highest BCUT2D eigenvalue weighted by Crippen LogP contribution is 2.26. The number of anilines is 1. The topological polar surface area (TPSA) is 76.1 Å². The van der Waals surface area contributed by atoms with E-state index in [1.54, 1.807) is 12.1 Å². The molecule has 5 nitrogen and oxygen atoms in total. The number of sulfone groups is 1. The third-order valence-electron chi connectivity index (χ3n) is 3.53. The van der Waals surface area contributed by atoms with Crippen molar-refractivity contribution in [3.05, 3.63) is 53.6 Å². The van der Waals surface area contributed by atoms with Gasteiger partial charge in [-0.1, -0.05) is 24.3 Å². The summed E-state index contributed by atoms with van der Waals surface area (Å²) in [5.74, 6) is -1.19. The largest absolute Gasteiger partial charge is 0.325 e. The zero-order valence-electron chi connectivity index (χ0n) is 13.2. The van der Waals surface area contributed by atoms with Gasteiger partial charge in [0.25, 0.3) is 0 Å². The van der Waals surface area contributed by atoms with Crippen molar-refractivity contribution in [2.45, 2.75) is 18.2 Å². The Bertz CT molecular complexity index is 990. The van der Waals surface area contributed by atoms with E-state index in [-0.39, 0.29) is 4.34 Å². The SMILES string of the molecule is Cc1ccc(C)c(NC(=O)CS(=O)(=O)c2nc3ccccc3s2)c1. The van der Waals surface area contributed by atoms with E-state index < -0.39 is 21.5 Å². The minimum atomic E-state index is -3.77. The van der Waals surface area contributed by atoms with Crippen LogP contribution in [0.15, 0.2) is 46.8 Å². The van der Waals surface area contributed by atoms with Crippen LogP contribution in [-0.2, 0) is 14.6 Å². The average molecular weight is 360 g/mol. The average Bonchev–Trinajstić information content (AvgIpc) is 2.95. The number of para-hydroxylation sites is 1. The van der Waals surface area contributed by atoms with Crippen LogP contribution in [-0.4, -0.2) is 25.1 Å². The lowest BCUT2D eigenvalue weighted by Gasteiger charge is -2.09. The molecule has 0 aliphatic carbocycles. The molecule has 124 valence electrons. The van der Waals surface area contributed by atoms with Crippen LogP contribution in [0.2, 0.25) is 0 Å². The van der Waals surface area contributed by atoms with E-state index in [4.69, 9.17) is 0 Å². The highest BCUT2D eigenvalue weighted by molar-refractivity contribution is 7.94. The molecule has 0 atom stereocenters. The number of benzene rings is 2. The lowest BCUT2D eigenvalue weighted by molar-refractivity contribution is -0.113. The van der Waals surface area contributed by atoms with E-state index in [0.717, 1.165) is 27.2 Å². The van der Waals surface area contributed by atoms with Crippen molar-refractivity contribution in [1.82, 2.24) is 4.98 Å². The van der Waals surface area contributed by atoms with Gasteiger partial charge in [-0.2, -0.15) is 0 Å². The van der Waals surface area contributed by atoms with Gasteiger partial charge in [0, 0.05) is 5.69 Å². The second-order valence-electron chi connectivity index (χ2n) is 5.57. The first-order valence-corrected chi connectivity index (χ1v) is 9.77. The molecule has 0 radical (unpaired) electrons. The Morgan fingerprint density at radius 1 is 1.17 bits per heavy atom. The summed E-state index contributed by atoms with van der Waals surface area (Å²) in [6.07, 6.45) is 0. The van der Waals surface area contributed by atoms with E-state index in [0.29, 0.717) is 11.2 Å². The molecule has 3 aromatic rings. The van der Waals surface area contributed by atoms with Crippen molar-refractivity contribution in [3.63, 3.8) is 0 Å². The van der Waals surface area contributed by atoms with Crippen molar-refractivity contribution in [2.24, 2.45) is 0 Å². The number of amides is 1. The molecule has 1 N–H and O–H groups in total. The van der Waals surface area contributed by atoms with Gasteiger partial charge in [0.2, 0.25) is 20.1 Å². The molecule has 0 spiro atoms. The summed E-state index contributed by atoms with van der Waals surface area (Å²) in [7, 11) is -3.77. The van der Waals surface area contributed by atoms with Gasteiger partial charge in [-0.3, -0.25) is 4.79 Å². The van der Waals surface area contributed by atoms with Crippen LogP contribution >= 0.6 is 11.3 Å². The van der Waals surface area contributed by atoms with E-state index in [1.807, 2.05) is 44.2 Å². The highest BCUT2D eigenvalue weighted by atomic mass is 32.2. The van der Waals surface area contributed by atoms with Crippen molar-refractivity contribution in [1.29, 1.82) is 0 Å². The minimum absolute atomic E-state index is 0.0279. The standard InChI is InChI=1S/C17H16N2O3S2/c1-11-7-8-12(2)14(9-11)18-16(20)10-24(21,22)17-19-13-5-3-4-6-15(13)23-17/h3-9H,10H2,1-2H3,(H,18,20). The Kier molecular flexibility index (Phi) is 4.38. The molecule has 3 rings (SSSR count). The number of thiazole rings is 1. The monoisotopic (exact) mass is 360 g/mol. The third kappa shape index (κ3) is 3.47. The van der Waals surface area contributed by atoms with E-state index in [9.17, 15) is 13.2 Å². The fourth-order valence-electron chi connectivity index (χ4n) is 2.28. The van der Waals surface area contributed by atoms with Gasteiger partial charge in [-0.15, -0.1) is 11.3 Å². The number of hydrogen-bond donors (Lipinski definition) is 1. The molecule has 0 bridgehead atoms. The van der Waals surface area contributed by atoms with Crippen molar-refractivity contribution in [3.8, 4) is 0 Å². The number of hydrogen-bond acceptors (Lipinski definition) is 5. The van der Waals surface area contributed by atoms with Crippen LogP contribution in [0.25, 0.3) is 10.2 Å². The summed E-state index contributed by atoms with van der Waals surface area (Å²) >= 11 is 1.08. The van der Waals surface area contributed by atoms with Crippen molar-refractivity contribution < 1.29 is 13.2 Å². The van der Waals surface area contributed by atoms with Crippen molar-refractivity contribution in [2.75, 3.05) is 11.1 Å². The molecule has 0 aliphatic rings. The number of aryl methyl sites for hydroxylation is 2. The Balaban J connectivity index is 1.81. The maximum absolute atomic E-state index is 12.4. The molecule has 24 heavy (non-hydrogen) atoms.